The Labute approximate surface area is 282 Å². The fourth-order valence-electron chi connectivity index (χ4n) is 8.12. The molecule has 2 saturated heterocycles. The monoisotopic (exact) mass is 665 g/mol. The molecular formula is C37H43N5O5Si. The summed E-state index contributed by atoms with van der Waals surface area (Å²) in [5.74, 6) is -0.388. The summed E-state index contributed by atoms with van der Waals surface area (Å²) in [6.45, 7) is 7.32. The molecule has 3 aromatic carbocycles. The molecule has 2 amide bonds. The number of nitrogens with zero attached hydrogens (tertiary/aromatic N) is 5. The third-order valence-corrected chi connectivity index (χ3v) is 12.9. The summed E-state index contributed by atoms with van der Waals surface area (Å²) in [6, 6.07) is 25.1. The molecule has 0 bridgehead atoms. The number of hydrogen-bond acceptors (Lipinski definition) is 7. The predicted octanol–water partition coefficient (Wildman–Crippen LogP) is 5.31. The van der Waals surface area contributed by atoms with Crippen molar-refractivity contribution in [3.8, 4) is 0 Å². The van der Waals surface area contributed by atoms with Crippen molar-refractivity contribution in [3.05, 3.63) is 107 Å². The topological polar surface area (TPSA) is 121 Å². The Morgan fingerprint density at radius 2 is 1.75 bits per heavy atom. The highest BCUT2D eigenvalue weighted by molar-refractivity contribution is 6.71. The smallest absolute Gasteiger partial charge is 0.264 e. The van der Waals surface area contributed by atoms with Crippen LogP contribution in [0.1, 0.15) is 61.1 Å². The zero-order valence-corrected chi connectivity index (χ0v) is 28.7. The SMILES string of the molecule is C[C@H]1[C@H]([Si](C)(C)O)[C@@H](CCn2cc([C@H](O)c3ccccc3)nn2)O[C@]12C(=O)N(Cc1ccccc1)c1ccc(N3CCCCC3=O)cc12. The highest BCUT2D eigenvalue weighted by Crippen LogP contribution is 2.60. The number of anilines is 2. The normalized spacial score (nSPS) is 24.8. The van der Waals surface area contributed by atoms with Crippen LogP contribution < -0.4 is 9.80 Å². The number of amides is 2. The van der Waals surface area contributed by atoms with Gasteiger partial charge >= 0.3 is 0 Å². The molecule has 3 aliphatic rings. The molecule has 1 aromatic heterocycles. The maximum absolute atomic E-state index is 14.9. The highest BCUT2D eigenvalue weighted by atomic mass is 28.4. The minimum Gasteiger partial charge on any atom is -0.432 e. The van der Waals surface area contributed by atoms with E-state index < -0.39 is 26.1 Å². The van der Waals surface area contributed by atoms with Gasteiger partial charge in [-0.3, -0.25) is 14.3 Å². The lowest BCUT2D eigenvalue weighted by molar-refractivity contribution is -0.146. The third-order valence-electron chi connectivity index (χ3n) is 10.4. The molecule has 0 saturated carbocycles. The van der Waals surface area contributed by atoms with Crippen molar-refractivity contribution in [2.45, 2.75) is 82.1 Å². The van der Waals surface area contributed by atoms with E-state index >= 15 is 0 Å². The van der Waals surface area contributed by atoms with Crippen LogP contribution in [-0.4, -0.2) is 57.7 Å². The zero-order chi connectivity index (χ0) is 33.6. The Hall–Kier alpha value is -4.16. The number of aryl methyl sites for hydroxylation is 1. The average molecular weight is 666 g/mol. The van der Waals surface area contributed by atoms with Crippen LogP contribution in [0.4, 0.5) is 11.4 Å². The van der Waals surface area contributed by atoms with Gasteiger partial charge in [-0.15, -0.1) is 5.10 Å². The van der Waals surface area contributed by atoms with Gasteiger partial charge in [0.15, 0.2) is 13.9 Å². The van der Waals surface area contributed by atoms with Gasteiger partial charge < -0.3 is 24.4 Å². The molecule has 4 aromatic rings. The standard InChI is InChI=1S/C37H43N5O5Si/c1-25-35(48(2,3)46)32(19-21-40-24-30(38-39-40)34(44)27-14-8-5-9-15-27)47-37(25)29-22-28(41-20-11-10-16-33(41)43)17-18-31(29)42(36(37)45)23-26-12-6-4-7-13-26/h4-9,12-15,17-18,22,24-25,32,34-35,44,46H,10-11,16,19-21,23H2,1-3H3/t25-,32+,34+,35-,37+/m0/s1. The van der Waals surface area contributed by atoms with Crippen molar-refractivity contribution in [1.29, 1.82) is 0 Å². The van der Waals surface area contributed by atoms with Crippen molar-refractivity contribution in [1.82, 2.24) is 15.0 Å². The fourth-order valence-corrected chi connectivity index (χ4v) is 10.7. The second-order valence-electron chi connectivity index (χ2n) is 13.9. The quantitative estimate of drug-likeness (QED) is 0.233. The van der Waals surface area contributed by atoms with E-state index in [4.69, 9.17) is 4.74 Å². The number of piperidine rings is 1. The largest absolute Gasteiger partial charge is 0.432 e. The predicted molar refractivity (Wildman–Crippen MR) is 185 cm³/mol. The first kappa shape index (κ1) is 32.4. The number of aliphatic hydroxyl groups excluding tert-OH is 1. The summed E-state index contributed by atoms with van der Waals surface area (Å²) in [5.41, 5.74) is 2.90. The van der Waals surface area contributed by atoms with Crippen LogP contribution in [0.25, 0.3) is 0 Å². The van der Waals surface area contributed by atoms with Gasteiger partial charge in [0, 0.05) is 42.2 Å². The molecule has 11 heteroatoms. The molecule has 4 heterocycles. The van der Waals surface area contributed by atoms with Gasteiger partial charge in [0.05, 0.1) is 24.5 Å². The van der Waals surface area contributed by atoms with Gasteiger partial charge in [0.1, 0.15) is 11.8 Å². The number of rotatable bonds is 9. The van der Waals surface area contributed by atoms with Gasteiger partial charge in [-0.1, -0.05) is 72.8 Å². The number of ether oxygens (including phenoxy) is 1. The molecule has 48 heavy (non-hydrogen) atoms. The van der Waals surface area contributed by atoms with Crippen LogP contribution in [0.3, 0.4) is 0 Å². The Bertz CT molecular complexity index is 1790. The summed E-state index contributed by atoms with van der Waals surface area (Å²) < 4.78 is 8.74. The first-order valence-electron chi connectivity index (χ1n) is 16.9. The summed E-state index contributed by atoms with van der Waals surface area (Å²) >= 11 is 0. The van der Waals surface area contributed by atoms with Crippen molar-refractivity contribution in [2.24, 2.45) is 5.92 Å². The molecule has 0 unspecified atom stereocenters. The lowest BCUT2D eigenvalue weighted by atomic mass is 9.82. The minimum absolute atomic E-state index is 0.0883. The molecular weight excluding hydrogens is 623 g/mol. The Kier molecular flexibility index (Phi) is 8.57. The van der Waals surface area contributed by atoms with Crippen molar-refractivity contribution < 1.29 is 24.2 Å². The van der Waals surface area contributed by atoms with Gasteiger partial charge in [0.25, 0.3) is 5.91 Å². The number of aromatic nitrogens is 3. The zero-order valence-electron chi connectivity index (χ0n) is 27.7. The number of carbonyl (C=O) groups excluding carboxylic acids is 2. The molecule has 1 spiro atoms. The number of benzene rings is 3. The fraction of sp³-hybridized carbons (Fsp3) is 0.405. The van der Waals surface area contributed by atoms with Crippen LogP contribution in [-0.2, 0) is 33.0 Å². The summed E-state index contributed by atoms with van der Waals surface area (Å²) in [6.07, 6.45) is 3.21. The Morgan fingerprint density at radius 3 is 2.46 bits per heavy atom. The van der Waals surface area contributed by atoms with Crippen LogP contribution in [0.15, 0.2) is 85.1 Å². The first-order valence-corrected chi connectivity index (χ1v) is 19.9. The maximum Gasteiger partial charge on any atom is 0.264 e. The van der Waals surface area contributed by atoms with Gasteiger partial charge in [-0.05, 0) is 61.7 Å². The van der Waals surface area contributed by atoms with E-state index in [-0.39, 0.29) is 23.3 Å². The summed E-state index contributed by atoms with van der Waals surface area (Å²) in [5, 5.41) is 19.4. The van der Waals surface area contributed by atoms with E-state index in [1.165, 1.54) is 0 Å². The average Bonchev–Trinajstić information content (AvgIpc) is 3.75. The van der Waals surface area contributed by atoms with E-state index in [2.05, 4.69) is 10.3 Å². The second-order valence-corrected chi connectivity index (χ2v) is 17.9. The summed E-state index contributed by atoms with van der Waals surface area (Å²) in [7, 11) is -2.89. The minimum atomic E-state index is -2.89. The second kappa shape index (κ2) is 12.7. The number of fused-ring (bicyclic) bond motifs is 2. The van der Waals surface area contributed by atoms with E-state index in [9.17, 15) is 19.5 Å². The lowest BCUT2D eigenvalue weighted by Gasteiger charge is -2.33. The molecule has 3 aliphatic heterocycles. The maximum atomic E-state index is 14.9. The molecule has 2 fully saturated rings. The molecule has 2 N–H and O–H groups in total. The van der Waals surface area contributed by atoms with Crippen LogP contribution in [0.2, 0.25) is 18.6 Å². The van der Waals surface area contributed by atoms with E-state index in [0.717, 1.165) is 40.9 Å². The van der Waals surface area contributed by atoms with Gasteiger partial charge in [-0.25, -0.2) is 0 Å². The number of carbonyl (C=O) groups is 2. The van der Waals surface area contributed by atoms with Crippen molar-refractivity contribution >= 4 is 31.5 Å². The van der Waals surface area contributed by atoms with Crippen molar-refractivity contribution in [2.75, 3.05) is 16.3 Å². The summed E-state index contributed by atoms with van der Waals surface area (Å²) in [4.78, 5) is 43.2. The van der Waals surface area contributed by atoms with Crippen molar-refractivity contribution in [3.63, 3.8) is 0 Å². The molecule has 5 atom stereocenters. The number of aliphatic hydroxyl groups is 1. The molecule has 7 rings (SSSR count). The molecule has 0 radical (unpaired) electrons. The Morgan fingerprint density at radius 1 is 1.02 bits per heavy atom. The van der Waals surface area contributed by atoms with Crippen LogP contribution >= 0.6 is 0 Å². The molecule has 10 nitrogen and oxygen atoms in total. The van der Waals surface area contributed by atoms with Gasteiger partial charge in [0.2, 0.25) is 5.91 Å². The number of hydrogen-bond donors (Lipinski definition) is 2. The first-order chi connectivity index (χ1) is 23.1. The third kappa shape index (κ3) is 5.68. The van der Waals surface area contributed by atoms with Gasteiger partial charge in [-0.2, -0.15) is 0 Å². The van der Waals surface area contributed by atoms with Crippen LogP contribution in [0, 0.1) is 5.92 Å². The molecule has 250 valence electrons. The van der Waals surface area contributed by atoms with E-state index in [0.29, 0.717) is 38.2 Å². The van der Waals surface area contributed by atoms with E-state index in [1.54, 1.807) is 10.9 Å². The van der Waals surface area contributed by atoms with E-state index in [1.807, 2.05) is 109 Å². The van der Waals surface area contributed by atoms with Crippen LogP contribution in [0.5, 0.6) is 0 Å². The lowest BCUT2D eigenvalue weighted by Crippen LogP contribution is -2.46. The molecule has 0 aliphatic carbocycles. The highest BCUT2D eigenvalue weighted by Gasteiger charge is 2.66. The Balaban J connectivity index is 1.23.